The Hall–Kier alpha value is -3.04. The van der Waals surface area contributed by atoms with E-state index >= 15 is 4.39 Å². The number of hydrogen-bond acceptors (Lipinski definition) is 16. The van der Waals surface area contributed by atoms with E-state index in [1.54, 1.807) is 0 Å². The maximum absolute atomic E-state index is 16.1. The van der Waals surface area contributed by atoms with Crippen LogP contribution in [-0.2, 0) is 32.2 Å². The highest BCUT2D eigenvalue weighted by atomic mass is 32.7. The number of halogens is 1. The number of nitrogen functional groups attached to an aromatic ring is 2. The van der Waals surface area contributed by atoms with Crippen LogP contribution in [0.2, 0.25) is 0 Å². The maximum atomic E-state index is 16.1. The van der Waals surface area contributed by atoms with Gasteiger partial charge in [0.2, 0.25) is 5.95 Å². The van der Waals surface area contributed by atoms with Gasteiger partial charge in [-0.3, -0.25) is 32.5 Å². The van der Waals surface area contributed by atoms with Crippen molar-refractivity contribution in [2.45, 2.75) is 49.5 Å². The van der Waals surface area contributed by atoms with Crippen LogP contribution < -0.4 is 17.0 Å². The summed E-state index contributed by atoms with van der Waals surface area (Å²) >= 11 is 4.05. The van der Waals surface area contributed by atoms with Crippen LogP contribution in [0.5, 0.6) is 0 Å². The van der Waals surface area contributed by atoms with Crippen LogP contribution in [0.4, 0.5) is 16.2 Å². The smallest absolute Gasteiger partial charge is 0.386 e. The Balaban J connectivity index is 1.22. The highest BCUT2D eigenvalue weighted by Crippen LogP contribution is 2.59. The van der Waals surface area contributed by atoms with Crippen molar-refractivity contribution < 1.29 is 46.6 Å². The van der Waals surface area contributed by atoms with Crippen molar-refractivity contribution in [1.29, 1.82) is 0 Å². The van der Waals surface area contributed by atoms with E-state index in [4.69, 9.17) is 34.5 Å². The average Bonchev–Trinajstić information content (AvgIpc) is 3.75. The van der Waals surface area contributed by atoms with Crippen LogP contribution in [0, 0.1) is 5.92 Å². The van der Waals surface area contributed by atoms with E-state index in [0.717, 1.165) is 6.33 Å². The maximum Gasteiger partial charge on any atom is 0.386 e. The number of H-pyrrole nitrogens is 1. The standard InChI is InChI=1S/C22H27FN10O10P2S/c23-11-15-9(40-20(11)32-6-28-12-16(24)26-5-27-17(12)32)1-2-44(36,37)42-14-8(3-34)10(4-39-45(38,46)43-15)41-21(14)33-7-29-13-18(33)30-22(25)31-19(13)35/h5-11,14-15,20-21,34H,1-4H2,(H,36,37)(H,38,46)(H2,24,26,27)(H3,25,30,31,35)/t8?,9?,10?,11?,14?,15?,20?,21?,45-/m1/s1. The number of thiol groups is 1. The molecule has 7 rings (SSSR count). The first kappa shape index (κ1) is 31.6. The van der Waals surface area contributed by atoms with E-state index in [-0.39, 0.29) is 40.5 Å². The normalized spacial score (nSPS) is 37.1. The van der Waals surface area contributed by atoms with Gasteiger partial charge in [0.1, 0.15) is 24.1 Å². The van der Waals surface area contributed by atoms with Crippen molar-refractivity contribution in [2.24, 2.45) is 5.92 Å². The van der Waals surface area contributed by atoms with Gasteiger partial charge in [0.25, 0.3) is 5.56 Å². The van der Waals surface area contributed by atoms with E-state index in [2.05, 4.69) is 42.2 Å². The third kappa shape index (κ3) is 5.51. The largest absolute Gasteiger partial charge is 0.396 e. The molecule has 7 heterocycles. The summed E-state index contributed by atoms with van der Waals surface area (Å²) < 4.78 is 74.4. The molecule has 3 aliphatic rings. The van der Waals surface area contributed by atoms with Crippen molar-refractivity contribution >= 4 is 60.7 Å². The highest BCUT2D eigenvalue weighted by Gasteiger charge is 2.53. The highest BCUT2D eigenvalue weighted by molar-refractivity contribution is 8.44. The number of aromatic amines is 1. The molecule has 0 saturated carbocycles. The van der Waals surface area contributed by atoms with E-state index < -0.39 is 88.3 Å². The molecule has 24 heteroatoms. The van der Waals surface area contributed by atoms with Crippen molar-refractivity contribution in [1.82, 2.24) is 39.0 Å². The van der Waals surface area contributed by atoms with Crippen molar-refractivity contribution in [3.8, 4) is 0 Å². The zero-order chi connectivity index (χ0) is 32.5. The summed E-state index contributed by atoms with van der Waals surface area (Å²) in [6.07, 6.45) is -7.34. The Morgan fingerprint density at radius 2 is 1.74 bits per heavy atom. The molecule has 4 aromatic heterocycles. The zero-order valence-corrected chi connectivity index (χ0v) is 26.0. The number of rotatable bonds is 3. The molecule has 0 aliphatic carbocycles. The molecule has 4 aromatic rings. The summed E-state index contributed by atoms with van der Waals surface area (Å²) in [7, 11) is -4.58. The number of ether oxygens (including phenoxy) is 2. The number of alkyl halides is 1. The summed E-state index contributed by atoms with van der Waals surface area (Å²) in [5.74, 6) is -1.21. The van der Waals surface area contributed by atoms with Gasteiger partial charge in [-0.1, -0.05) is 12.2 Å². The van der Waals surface area contributed by atoms with Gasteiger partial charge in [0, 0.05) is 5.92 Å². The number of nitrogens with zero attached hydrogens (tertiary/aromatic N) is 7. The van der Waals surface area contributed by atoms with Crippen molar-refractivity contribution in [3.63, 3.8) is 0 Å². The minimum atomic E-state index is -4.58. The predicted molar refractivity (Wildman–Crippen MR) is 157 cm³/mol. The quantitative estimate of drug-likeness (QED) is 0.123. The molecule has 3 saturated heterocycles. The molecular formula is C22H27FN10O10P2S. The first-order valence-electron chi connectivity index (χ1n) is 13.7. The minimum Gasteiger partial charge on any atom is -0.396 e. The zero-order valence-electron chi connectivity index (χ0n) is 23.3. The van der Waals surface area contributed by atoms with Gasteiger partial charge < -0.3 is 35.5 Å². The number of nitrogens with one attached hydrogen (secondary N) is 1. The summed E-state index contributed by atoms with van der Waals surface area (Å²) in [5, 5.41) is 10.3. The molecule has 0 radical (unpaired) electrons. The van der Waals surface area contributed by atoms with Gasteiger partial charge >= 0.3 is 14.4 Å². The van der Waals surface area contributed by atoms with Crippen LogP contribution in [-0.4, -0.2) is 99.0 Å². The second-order valence-electron chi connectivity index (χ2n) is 10.8. The lowest BCUT2D eigenvalue weighted by molar-refractivity contribution is -0.0478. The van der Waals surface area contributed by atoms with Crippen LogP contribution in [0.1, 0.15) is 18.9 Å². The summed E-state index contributed by atoms with van der Waals surface area (Å²) in [5.41, 5.74) is 11.1. The molecule has 46 heavy (non-hydrogen) atoms. The SMILES string of the molecule is Nc1nc2c(ncn2C2OC3CO[P@@](=O)(S)OC4C(CCP(=O)(O)OC2C3CO)OC(n2cnc3c(N)ncnc32)C4F)c(=O)[nH]1. The number of aliphatic hydroxyl groups excluding tert-OH is 1. The topological polar surface area (TPSA) is 280 Å². The number of aliphatic hydroxyl groups is 1. The lowest BCUT2D eigenvalue weighted by atomic mass is 9.99. The molecule has 248 valence electrons. The molecule has 0 aromatic carbocycles. The molecule has 10 atom stereocenters. The molecule has 0 spiro atoms. The van der Waals surface area contributed by atoms with Crippen LogP contribution in [0.3, 0.4) is 0 Å². The third-order valence-electron chi connectivity index (χ3n) is 8.00. The molecule has 3 aliphatic heterocycles. The van der Waals surface area contributed by atoms with Crippen molar-refractivity contribution in [2.75, 3.05) is 30.8 Å². The molecule has 20 nitrogen and oxygen atoms in total. The number of fused-ring (bicyclic) bond motifs is 5. The van der Waals surface area contributed by atoms with E-state index in [1.165, 1.54) is 21.8 Å². The molecule has 3 fully saturated rings. The monoisotopic (exact) mass is 704 g/mol. The Morgan fingerprint density at radius 3 is 2.50 bits per heavy atom. The van der Waals surface area contributed by atoms with Crippen molar-refractivity contribution in [3.05, 3.63) is 29.3 Å². The fourth-order valence-electron chi connectivity index (χ4n) is 5.87. The fraction of sp³-hybridized carbons (Fsp3) is 0.545. The molecule has 7 N–H and O–H groups in total. The first-order valence-corrected chi connectivity index (χ1v) is 18.2. The third-order valence-corrected chi connectivity index (χ3v) is 11.0. The number of nitrogens with two attached hydrogens (primary N) is 2. The Labute approximate surface area is 261 Å². The Kier molecular flexibility index (Phi) is 7.95. The molecule has 2 bridgehead atoms. The van der Waals surface area contributed by atoms with E-state index in [9.17, 15) is 23.9 Å². The van der Waals surface area contributed by atoms with Crippen LogP contribution >= 0.6 is 26.6 Å². The van der Waals surface area contributed by atoms with E-state index in [0.29, 0.717) is 0 Å². The number of aromatic nitrogens is 8. The number of imidazole rings is 2. The number of hydrogen-bond donors (Lipinski definition) is 6. The van der Waals surface area contributed by atoms with Gasteiger partial charge in [0.05, 0.1) is 44.2 Å². The second-order valence-corrected chi connectivity index (χ2v) is 15.6. The van der Waals surface area contributed by atoms with Gasteiger partial charge in [0.15, 0.2) is 41.3 Å². The Bertz CT molecular complexity index is 1960. The summed E-state index contributed by atoms with van der Waals surface area (Å²) in [6.45, 7) is -5.55. The lowest BCUT2D eigenvalue weighted by Gasteiger charge is -2.26. The van der Waals surface area contributed by atoms with Gasteiger partial charge in [-0.05, 0) is 6.42 Å². The first-order chi connectivity index (χ1) is 21.9. The van der Waals surface area contributed by atoms with Crippen LogP contribution in [0.15, 0.2) is 23.8 Å². The summed E-state index contributed by atoms with van der Waals surface area (Å²) in [4.78, 5) is 45.9. The van der Waals surface area contributed by atoms with Gasteiger partial charge in [-0.25, -0.2) is 28.9 Å². The lowest BCUT2D eigenvalue weighted by Crippen LogP contribution is -2.33. The molecular weight excluding hydrogens is 677 g/mol. The van der Waals surface area contributed by atoms with Crippen LogP contribution in [0.25, 0.3) is 22.3 Å². The number of anilines is 2. The fourth-order valence-corrected chi connectivity index (χ4v) is 8.68. The minimum absolute atomic E-state index is 0.0310. The van der Waals surface area contributed by atoms with Gasteiger partial charge in [-0.2, -0.15) is 4.98 Å². The molecule has 0 amide bonds. The second kappa shape index (κ2) is 11.6. The average molecular weight is 705 g/mol. The summed E-state index contributed by atoms with van der Waals surface area (Å²) in [6, 6.07) is 0. The Morgan fingerprint density at radius 1 is 1.02 bits per heavy atom. The van der Waals surface area contributed by atoms with Gasteiger partial charge in [-0.15, -0.1) is 0 Å². The van der Waals surface area contributed by atoms with E-state index in [1.807, 2.05) is 0 Å². The predicted octanol–water partition coefficient (Wildman–Crippen LogP) is 0.279. The molecule has 9 unspecified atom stereocenters.